The van der Waals surface area contributed by atoms with Gasteiger partial charge in [-0.25, -0.2) is 0 Å². The Labute approximate surface area is 92.2 Å². The van der Waals surface area contributed by atoms with Crippen LogP contribution < -0.4 is 0 Å². The molecule has 2 heterocycles. The number of likely N-dealkylation sites (tertiary alicyclic amines) is 1. The monoisotopic (exact) mass is 229 g/mol. The predicted molar refractivity (Wildman–Crippen MR) is 56.4 cm³/mol. The summed E-state index contributed by atoms with van der Waals surface area (Å²) in [7, 11) is 0. The average molecular weight is 230 g/mol. The fourth-order valence-electron chi connectivity index (χ4n) is 2.49. The van der Waals surface area contributed by atoms with E-state index in [4.69, 9.17) is 11.6 Å². The molecule has 2 fully saturated rings. The molecule has 0 radical (unpaired) electrons. The summed E-state index contributed by atoms with van der Waals surface area (Å²) in [4.78, 5) is 2.46. The van der Waals surface area contributed by atoms with Crippen LogP contribution in [0.5, 0.6) is 0 Å². The van der Waals surface area contributed by atoms with Gasteiger partial charge in [0.2, 0.25) is 0 Å². The van der Waals surface area contributed by atoms with Crippen molar-refractivity contribution < 1.29 is 0 Å². The number of nitrogens with zero attached hydrogens (tertiary/aromatic N) is 3. The van der Waals surface area contributed by atoms with Crippen LogP contribution in [0, 0.1) is 11.8 Å². The van der Waals surface area contributed by atoms with Crippen molar-refractivity contribution in [2.45, 2.75) is 19.4 Å². The van der Waals surface area contributed by atoms with Gasteiger partial charge in [0.1, 0.15) is 10.0 Å². The topological polar surface area (TPSA) is 29.0 Å². The highest BCUT2D eigenvalue weighted by Crippen LogP contribution is 2.40. The molecule has 1 aromatic rings. The van der Waals surface area contributed by atoms with Crippen molar-refractivity contribution in [1.82, 2.24) is 14.5 Å². The van der Waals surface area contributed by atoms with Crippen molar-refractivity contribution in [2.24, 2.45) is 11.8 Å². The van der Waals surface area contributed by atoms with E-state index in [1.165, 1.54) is 37.5 Å². The molecule has 3 nitrogen and oxygen atoms in total. The standard InChI is InChI=1S/C9H12ClN3S/c10-9-8(11-12-14-9)5-13-3-6-1-2-7(6)4-13/h6-7H,1-5H2. The van der Waals surface area contributed by atoms with E-state index in [2.05, 4.69) is 14.5 Å². The Bertz CT molecular complexity index is 329. The van der Waals surface area contributed by atoms with Gasteiger partial charge in [0, 0.05) is 31.2 Å². The van der Waals surface area contributed by atoms with Gasteiger partial charge in [0.25, 0.3) is 0 Å². The van der Waals surface area contributed by atoms with Gasteiger partial charge in [-0.3, -0.25) is 4.90 Å². The normalized spacial score (nSPS) is 31.5. The quantitative estimate of drug-likeness (QED) is 0.777. The molecule has 0 bridgehead atoms. The van der Waals surface area contributed by atoms with Crippen LogP contribution >= 0.6 is 23.1 Å². The summed E-state index contributed by atoms with van der Waals surface area (Å²) in [6.45, 7) is 3.36. The summed E-state index contributed by atoms with van der Waals surface area (Å²) < 4.78 is 4.60. The number of hydrogen-bond acceptors (Lipinski definition) is 4. The summed E-state index contributed by atoms with van der Waals surface area (Å²) in [6, 6.07) is 0. The summed E-state index contributed by atoms with van der Waals surface area (Å²) in [6.07, 6.45) is 2.84. The smallest absolute Gasteiger partial charge is 0.138 e. The van der Waals surface area contributed by atoms with Gasteiger partial charge in [0.05, 0.1) is 0 Å². The lowest BCUT2D eigenvalue weighted by molar-refractivity contribution is 0.243. The van der Waals surface area contributed by atoms with Crippen molar-refractivity contribution in [3.05, 3.63) is 10.0 Å². The van der Waals surface area contributed by atoms with Crippen LogP contribution in [0.1, 0.15) is 18.5 Å². The molecule has 0 N–H and O–H groups in total. The SMILES string of the molecule is Clc1snnc1CN1CC2CCC2C1. The largest absolute Gasteiger partial charge is 0.297 e. The Hall–Kier alpha value is -0.190. The second kappa shape index (κ2) is 3.43. The van der Waals surface area contributed by atoms with Crippen molar-refractivity contribution in [3.63, 3.8) is 0 Å². The third-order valence-corrected chi connectivity index (χ3v) is 4.43. The van der Waals surface area contributed by atoms with Gasteiger partial charge in [0.15, 0.2) is 0 Å². The molecule has 3 rings (SSSR count). The van der Waals surface area contributed by atoms with E-state index in [0.29, 0.717) is 0 Å². The minimum Gasteiger partial charge on any atom is -0.297 e. The molecule has 2 atom stereocenters. The van der Waals surface area contributed by atoms with Crippen LogP contribution in [-0.4, -0.2) is 27.6 Å². The molecule has 5 heteroatoms. The molecule has 1 aliphatic heterocycles. The van der Waals surface area contributed by atoms with Gasteiger partial charge < -0.3 is 0 Å². The first kappa shape index (κ1) is 9.07. The zero-order chi connectivity index (χ0) is 9.54. The highest BCUT2D eigenvalue weighted by atomic mass is 35.5. The Morgan fingerprint density at radius 2 is 2.07 bits per heavy atom. The van der Waals surface area contributed by atoms with Crippen LogP contribution in [-0.2, 0) is 6.54 Å². The molecule has 0 spiro atoms. The first-order valence-electron chi connectivity index (χ1n) is 5.02. The predicted octanol–water partition coefficient (Wildman–Crippen LogP) is 2.03. The minimum absolute atomic E-state index is 0.754. The number of aromatic nitrogens is 2. The van der Waals surface area contributed by atoms with E-state index in [9.17, 15) is 0 Å². The van der Waals surface area contributed by atoms with E-state index in [0.717, 1.165) is 28.4 Å². The van der Waals surface area contributed by atoms with Crippen LogP contribution in [0.15, 0.2) is 0 Å². The average Bonchev–Trinajstić information content (AvgIpc) is 2.64. The number of fused-ring (bicyclic) bond motifs is 1. The summed E-state index contributed by atoms with van der Waals surface area (Å²) >= 11 is 7.26. The van der Waals surface area contributed by atoms with E-state index in [-0.39, 0.29) is 0 Å². The lowest BCUT2D eigenvalue weighted by Crippen LogP contribution is -2.22. The Balaban J connectivity index is 1.65. The highest BCUT2D eigenvalue weighted by Gasteiger charge is 2.39. The third-order valence-electron chi connectivity index (χ3n) is 3.44. The molecule has 0 amide bonds. The molecule has 14 heavy (non-hydrogen) atoms. The van der Waals surface area contributed by atoms with Gasteiger partial charge in [-0.15, -0.1) is 5.10 Å². The van der Waals surface area contributed by atoms with Crippen molar-refractivity contribution in [2.75, 3.05) is 13.1 Å². The maximum Gasteiger partial charge on any atom is 0.138 e. The van der Waals surface area contributed by atoms with E-state index in [1.807, 2.05) is 0 Å². The Morgan fingerprint density at radius 3 is 2.57 bits per heavy atom. The maximum absolute atomic E-state index is 5.97. The number of halogens is 1. The van der Waals surface area contributed by atoms with Crippen LogP contribution in [0.25, 0.3) is 0 Å². The molecular formula is C9H12ClN3S. The van der Waals surface area contributed by atoms with E-state index < -0.39 is 0 Å². The Morgan fingerprint density at radius 1 is 1.36 bits per heavy atom. The van der Waals surface area contributed by atoms with Gasteiger partial charge in [-0.2, -0.15) is 0 Å². The van der Waals surface area contributed by atoms with Crippen molar-refractivity contribution >= 4 is 23.1 Å². The molecule has 1 saturated carbocycles. The second-order valence-corrected chi connectivity index (χ2v) is 5.64. The van der Waals surface area contributed by atoms with Crippen LogP contribution in [0.4, 0.5) is 0 Å². The van der Waals surface area contributed by atoms with Gasteiger partial charge >= 0.3 is 0 Å². The first-order chi connectivity index (χ1) is 6.83. The van der Waals surface area contributed by atoms with Crippen molar-refractivity contribution in [1.29, 1.82) is 0 Å². The van der Waals surface area contributed by atoms with Gasteiger partial charge in [-0.1, -0.05) is 16.1 Å². The molecule has 0 aromatic carbocycles. The second-order valence-electron chi connectivity index (χ2n) is 4.28. The molecule has 1 aliphatic carbocycles. The maximum atomic E-state index is 5.97. The molecule has 76 valence electrons. The minimum atomic E-state index is 0.754. The van der Waals surface area contributed by atoms with E-state index in [1.54, 1.807) is 0 Å². The lowest BCUT2D eigenvalue weighted by Gasteiger charge is -2.28. The zero-order valence-corrected chi connectivity index (χ0v) is 9.39. The van der Waals surface area contributed by atoms with Crippen molar-refractivity contribution in [3.8, 4) is 0 Å². The Kier molecular flexibility index (Phi) is 2.22. The summed E-state index contributed by atoms with van der Waals surface area (Å²) in [5.74, 6) is 1.92. The van der Waals surface area contributed by atoms with Crippen LogP contribution in [0.3, 0.4) is 0 Å². The molecule has 2 unspecified atom stereocenters. The summed E-state index contributed by atoms with van der Waals surface area (Å²) in [5, 5.41) is 4.04. The lowest BCUT2D eigenvalue weighted by atomic mass is 9.77. The fraction of sp³-hybridized carbons (Fsp3) is 0.778. The summed E-state index contributed by atoms with van der Waals surface area (Å²) in [5.41, 5.74) is 0.956. The van der Waals surface area contributed by atoms with E-state index >= 15 is 0 Å². The first-order valence-corrected chi connectivity index (χ1v) is 6.17. The molecule has 1 saturated heterocycles. The fourth-order valence-corrected chi connectivity index (χ4v) is 3.10. The zero-order valence-electron chi connectivity index (χ0n) is 7.82. The number of rotatable bonds is 2. The molecular weight excluding hydrogens is 218 g/mol. The molecule has 2 aliphatic rings. The highest BCUT2D eigenvalue weighted by molar-refractivity contribution is 7.10. The molecule has 1 aromatic heterocycles. The number of hydrogen-bond donors (Lipinski definition) is 0. The van der Waals surface area contributed by atoms with Crippen LogP contribution in [0.2, 0.25) is 4.34 Å². The third kappa shape index (κ3) is 1.45. The van der Waals surface area contributed by atoms with Gasteiger partial charge in [-0.05, 0) is 24.7 Å².